The first kappa shape index (κ1) is 10.2. The van der Waals surface area contributed by atoms with E-state index in [0.717, 1.165) is 23.7 Å². The molecule has 0 amide bonds. The van der Waals surface area contributed by atoms with Crippen LogP contribution >= 0.6 is 11.5 Å². The molecule has 16 heavy (non-hydrogen) atoms. The standard InChI is InChI=1S/C7H3N3O5S/c11-7-6-4(10(14)15)1-3(9(12)13)2-5(6)16-8-7/h1-2H,(H,8,11). The minimum Gasteiger partial charge on any atom is -0.276 e. The largest absolute Gasteiger partial charge is 0.290 e. The Morgan fingerprint density at radius 3 is 2.44 bits per heavy atom. The zero-order valence-electron chi connectivity index (χ0n) is 7.50. The van der Waals surface area contributed by atoms with Crippen molar-refractivity contribution in [1.29, 1.82) is 0 Å². The molecule has 0 aliphatic carbocycles. The van der Waals surface area contributed by atoms with Crippen LogP contribution in [0.3, 0.4) is 0 Å². The van der Waals surface area contributed by atoms with E-state index in [1.54, 1.807) is 0 Å². The van der Waals surface area contributed by atoms with E-state index in [1.165, 1.54) is 0 Å². The fourth-order valence-electron chi connectivity index (χ4n) is 1.30. The Morgan fingerprint density at radius 1 is 1.19 bits per heavy atom. The lowest BCUT2D eigenvalue weighted by molar-refractivity contribution is -0.393. The van der Waals surface area contributed by atoms with Gasteiger partial charge in [-0.1, -0.05) is 11.5 Å². The Bertz CT molecular complexity index is 658. The molecule has 0 saturated carbocycles. The number of nitrogens with one attached hydrogen (secondary N) is 1. The van der Waals surface area contributed by atoms with Crippen molar-refractivity contribution in [2.45, 2.75) is 0 Å². The average Bonchev–Trinajstić information content (AvgIpc) is 2.59. The van der Waals surface area contributed by atoms with E-state index in [-0.39, 0.29) is 10.1 Å². The summed E-state index contributed by atoms with van der Waals surface area (Å²) < 4.78 is 2.50. The van der Waals surface area contributed by atoms with Gasteiger partial charge in [0.1, 0.15) is 5.39 Å². The number of H-pyrrole nitrogens is 1. The molecule has 82 valence electrons. The third kappa shape index (κ3) is 1.42. The van der Waals surface area contributed by atoms with E-state index >= 15 is 0 Å². The van der Waals surface area contributed by atoms with Crippen LogP contribution in [0.2, 0.25) is 0 Å². The SMILES string of the molecule is O=c1[nH]sc2cc([N+](=O)[O-])cc([N+](=O)[O-])c12. The van der Waals surface area contributed by atoms with Crippen LogP contribution in [0.15, 0.2) is 16.9 Å². The van der Waals surface area contributed by atoms with Gasteiger partial charge in [0.05, 0.1) is 20.6 Å². The zero-order valence-corrected chi connectivity index (χ0v) is 8.32. The molecule has 0 saturated heterocycles. The number of benzene rings is 1. The van der Waals surface area contributed by atoms with Crippen LogP contribution in [0.25, 0.3) is 10.1 Å². The summed E-state index contributed by atoms with van der Waals surface area (Å²) in [6, 6.07) is 1.91. The first-order chi connectivity index (χ1) is 7.50. The highest BCUT2D eigenvalue weighted by atomic mass is 32.1. The molecule has 0 aliphatic heterocycles. The van der Waals surface area contributed by atoms with Crippen molar-refractivity contribution >= 4 is 33.0 Å². The summed E-state index contributed by atoms with van der Waals surface area (Å²) >= 11 is 0.831. The zero-order chi connectivity index (χ0) is 11.9. The minimum atomic E-state index is -0.808. The maximum absolute atomic E-state index is 11.3. The van der Waals surface area contributed by atoms with Gasteiger partial charge < -0.3 is 0 Å². The molecular formula is C7H3N3O5S. The molecule has 2 aromatic rings. The summed E-state index contributed by atoms with van der Waals surface area (Å²) in [4.78, 5) is 30.9. The second-order valence-corrected chi connectivity index (χ2v) is 3.73. The van der Waals surface area contributed by atoms with E-state index in [9.17, 15) is 25.0 Å². The fourth-order valence-corrected chi connectivity index (χ4v) is 2.08. The third-order valence-electron chi connectivity index (χ3n) is 1.95. The van der Waals surface area contributed by atoms with Crippen molar-refractivity contribution in [3.63, 3.8) is 0 Å². The molecule has 9 heteroatoms. The van der Waals surface area contributed by atoms with Crippen molar-refractivity contribution in [2.75, 3.05) is 0 Å². The number of fused-ring (bicyclic) bond motifs is 1. The molecule has 1 heterocycles. The van der Waals surface area contributed by atoms with E-state index in [0.29, 0.717) is 0 Å². The first-order valence-electron chi connectivity index (χ1n) is 3.94. The van der Waals surface area contributed by atoms with Gasteiger partial charge in [-0.2, -0.15) is 0 Å². The number of non-ortho nitro benzene ring substituents is 2. The Morgan fingerprint density at radius 2 is 1.88 bits per heavy atom. The number of hydrogen-bond acceptors (Lipinski definition) is 6. The normalized spacial score (nSPS) is 10.5. The van der Waals surface area contributed by atoms with Crippen LogP contribution < -0.4 is 5.56 Å². The Balaban J connectivity index is 2.92. The van der Waals surface area contributed by atoms with Gasteiger partial charge in [0, 0.05) is 6.07 Å². The maximum atomic E-state index is 11.3. The second kappa shape index (κ2) is 3.38. The molecule has 0 atom stereocenters. The monoisotopic (exact) mass is 241 g/mol. The quantitative estimate of drug-likeness (QED) is 0.629. The summed E-state index contributed by atoms with van der Waals surface area (Å²) in [6.45, 7) is 0. The van der Waals surface area contributed by atoms with Crippen molar-refractivity contribution in [1.82, 2.24) is 4.37 Å². The first-order valence-corrected chi connectivity index (χ1v) is 4.76. The van der Waals surface area contributed by atoms with Crippen molar-refractivity contribution in [3.05, 3.63) is 42.7 Å². The number of rotatable bonds is 2. The smallest absolute Gasteiger partial charge is 0.276 e. The van der Waals surface area contributed by atoms with Crippen molar-refractivity contribution in [3.8, 4) is 0 Å². The summed E-state index contributed by atoms with van der Waals surface area (Å²) in [7, 11) is 0. The van der Waals surface area contributed by atoms with Crippen molar-refractivity contribution < 1.29 is 9.85 Å². The lowest BCUT2D eigenvalue weighted by Crippen LogP contribution is -2.01. The van der Waals surface area contributed by atoms with Crippen LogP contribution in [0.5, 0.6) is 0 Å². The molecule has 1 aromatic carbocycles. The topological polar surface area (TPSA) is 119 Å². The summed E-state index contributed by atoms with van der Waals surface area (Å²) in [6.07, 6.45) is 0. The van der Waals surface area contributed by atoms with Gasteiger partial charge >= 0.3 is 0 Å². The minimum absolute atomic E-state index is 0.124. The summed E-state index contributed by atoms with van der Waals surface area (Å²) in [5.74, 6) is 0. The van der Waals surface area contributed by atoms with Gasteiger partial charge in [-0.3, -0.25) is 29.4 Å². The summed E-state index contributed by atoms with van der Waals surface area (Å²) in [5.41, 5.74) is -1.57. The maximum Gasteiger partial charge on any atom is 0.290 e. The number of aromatic nitrogens is 1. The van der Waals surface area contributed by atoms with Gasteiger partial charge in [0.25, 0.3) is 16.9 Å². The van der Waals surface area contributed by atoms with Gasteiger partial charge in [0.15, 0.2) is 0 Å². The predicted octanol–water partition coefficient (Wildman–Crippen LogP) is 1.41. The molecular weight excluding hydrogens is 238 g/mol. The number of nitro benzene ring substituents is 2. The van der Waals surface area contributed by atoms with Gasteiger partial charge in [-0.25, -0.2) is 0 Å². The summed E-state index contributed by atoms with van der Waals surface area (Å²) in [5, 5.41) is 21.1. The number of nitrogens with zero attached hydrogens (tertiary/aromatic N) is 2. The molecule has 0 unspecified atom stereocenters. The molecule has 0 spiro atoms. The average molecular weight is 241 g/mol. The molecule has 8 nitrogen and oxygen atoms in total. The van der Waals surface area contributed by atoms with E-state index < -0.39 is 26.8 Å². The molecule has 1 N–H and O–H groups in total. The van der Waals surface area contributed by atoms with Gasteiger partial charge in [-0.05, 0) is 0 Å². The van der Waals surface area contributed by atoms with Gasteiger partial charge in [0.2, 0.25) is 0 Å². The van der Waals surface area contributed by atoms with Crippen LogP contribution in [0.1, 0.15) is 0 Å². The molecule has 1 aromatic heterocycles. The number of aromatic amines is 1. The van der Waals surface area contributed by atoms with Gasteiger partial charge in [-0.15, -0.1) is 0 Å². The van der Waals surface area contributed by atoms with Crippen LogP contribution in [0.4, 0.5) is 11.4 Å². The van der Waals surface area contributed by atoms with Crippen LogP contribution in [-0.4, -0.2) is 14.2 Å². The molecule has 0 radical (unpaired) electrons. The third-order valence-corrected chi connectivity index (χ3v) is 2.78. The lowest BCUT2D eigenvalue weighted by atomic mass is 10.2. The van der Waals surface area contributed by atoms with E-state index in [4.69, 9.17) is 0 Å². The van der Waals surface area contributed by atoms with E-state index in [2.05, 4.69) is 4.37 Å². The van der Waals surface area contributed by atoms with E-state index in [1.807, 2.05) is 0 Å². The lowest BCUT2D eigenvalue weighted by Gasteiger charge is -1.93. The number of nitro groups is 2. The predicted molar refractivity (Wildman–Crippen MR) is 55.8 cm³/mol. The molecule has 0 bridgehead atoms. The Kier molecular flexibility index (Phi) is 2.16. The second-order valence-electron chi connectivity index (χ2n) is 2.89. The molecule has 0 fully saturated rings. The Labute approximate surface area is 90.6 Å². The van der Waals surface area contributed by atoms with Crippen molar-refractivity contribution in [2.24, 2.45) is 0 Å². The highest BCUT2D eigenvalue weighted by Gasteiger charge is 2.22. The van der Waals surface area contributed by atoms with Crippen LogP contribution in [-0.2, 0) is 0 Å². The number of hydrogen-bond donors (Lipinski definition) is 1. The molecule has 2 rings (SSSR count). The molecule has 0 aliphatic rings. The van der Waals surface area contributed by atoms with Crippen LogP contribution in [0, 0.1) is 20.2 Å². The fraction of sp³-hybridized carbons (Fsp3) is 0. The Hall–Kier alpha value is -2.29. The highest BCUT2D eigenvalue weighted by molar-refractivity contribution is 7.13. The highest BCUT2D eigenvalue weighted by Crippen LogP contribution is 2.30.